The summed E-state index contributed by atoms with van der Waals surface area (Å²) >= 11 is 0. The maximum absolute atomic E-state index is 6.03. The minimum atomic E-state index is 0.115. The largest absolute Gasteiger partial charge is 0.496 e. The van der Waals surface area contributed by atoms with E-state index in [1.165, 1.54) is 16.3 Å². The van der Waals surface area contributed by atoms with Crippen LogP contribution in [0, 0.1) is 5.92 Å². The minimum absolute atomic E-state index is 0.115. The lowest BCUT2D eigenvalue weighted by Gasteiger charge is -2.31. The predicted octanol–water partition coefficient (Wildman–Crippen LogP) is 3.83. The second-order valence-electron chi connectivity index (χ2n) is 6.82. The Labute approximate surface area is 153 Å². The lowest BCUT2D eigenvalue weighted by Crippen LogP contribution is -2.31. The number of nitrogens with one attached hydrogen (secondary N) is 2. The average molecular weight is 351 g/mol. The third-order valence-electron chi connectivity index (χ3n) is 5.22. The Morgan fingerprint density at radius 2 is 2.19 bits per heavy atom. The fraction of sp³-hybridized carbons (Fsp3) is 0.381. The highest BCUT2D eigenvalue weighted by molar-refractivity contribution is 5.87. The summed E-state index contributed by atoms with van der Waals surface area (Å²) in [7, 11) is 1.73. The minimum Gasteiger partial charge on any atom is -0.496 e. The number of H-pyrrole nitrogens is 1. The molecule has 0 spiro atoms. The molecule has 1 aliphatic heterocycles. The van der Waals surface area contributed by atoms with E-state index in [4.69, 9.17) is 9.47 Å². The molecule has 0 radical (unpaired) electrons. The van der Waals surface area contributed by atoms with E-state index >= 15 is 0 Å². The van der Waals surface area contributed by atoms with Crippen LogP contribution in [0.2, 0.25) is 0 Å². The zero-order chi connectivity index (χ0) is 17.8. The first-order chi connectivity index (χ1) is 12.9. The second-order valence-corrected chi connectivity index (χ2v) is 6.82. The molecular formula is C21H25N3O2. The molecular weight excluding hydrogens is 326 g/mol. The van der Waals surface area contributed by atoms with Crippen molar-refractivity contribution < 1.29 is 9.47 Å². The first kappa shape index (κ1) is 17.1. The van der Waals surface area contributed by atoms with Crippen LogP contribution < -0.4 is 10.1 Å². The van der Waals surface area contributed by atoms with Crippen molar-refractivity contribution in [3.05, 3.63) is 59.9 Å². The van der Waals surface area contributed by atoms with Gasteiger partial charge < -0.3 is 14.8 Å². The van der Waals surface area contributed by atoms with E-state index in [0.29, 0.717) is 5.92 Å². The zero-order valence-corrected chi connectivity index (χ0v) is 15.1. The number of aromatic nitrogens is 2. The van der Waals surface area contributed by atoms with Crippen molar-refractivity contribution in [2.75, 3.05) is 20.3 Å². The molecule has 2 atom stereocenters. The summed E-state index contributed by atoms with van der Waals surface area (Å²) < 4.78 is 11.6. The van der Waals surface area contributed by atoms with Crippen LogP contribution in [0.4, 0.5) is 0 Å². The molecule has 0 amide bonds. The summed E-state index contributed by atoms with van der Waals surface area (Å²) in [5.74, 6) is 1.38. The summed E-state index contributed by atoms with van der Waals surface area (Å²) in [6, 6.07) is 12.6. The van der Waals surface area contributed by atoms with Gasteiger partial charge in [0.05, 0.1) is 19.4 Å². The van der Waals surface area contributed by atoms with Gasteiger partial charge in [-0.2, -0.15) is 5.10 Å². The van der Waals surface area contributed by atoms with Gasteiger partial charge in [0.15, 0.2) is 0 Å². The lowest BCUT2D eigenvalue weighted by atomic mass is 9.90. The highest BCUT2D eigenvalue weighted by Gasteiger charge is 2.27. The molecule has 1 saturated heterocycles. The van der Waals surface area contributed by atoms with Gasteiger partial charge >= 0.3 is 0 Å². The van der Waals surface area contributed by atoms with Crippen LogP contribution in [0.3, 0.4) is 0 Å². The number of benzene rings is 2. The molecule has 136 valence electrons. The summed E-state index contributed by atoms with van der Waals surface area (Å²) in [5.41, 5.74) is 2.35. The third kappa shape index (κ3) is 3.45. The first-order valence-corrected chi connectivity index (χ1v) is 9.22. The molecule has 2 aromatic carbocycles. The Bertz CT molecular complexity index is 848. The molecule has 5 nitrogen and oxygen atoms in total. The highest BCUT2D eigenvalue weighted by Crippen LogP contribution is 2.33. The Morgan fingerprint density at radius 1 is 1.27 bits per heavy atom. The summed E-state index contributed by atoms with van der Waals surface area (Å²) in [4.78, 5) is 0. The molecule has 1 aromatic heterocycles. The van der Waals surface area contributed by atoms with Gasteiger partial charge in [-0.05, 0) is 29.7 Å². The average Bonchev–Trinajstić information content (AvgIpc) is 3.23. The van der Waals surface area contributed by atoms with Crippen LogP contribution in [0.5, 0.6) is 5.75 Å². The van der Waals surface area contributed by atoms with Crippen LogP contribution in [0.15, 0.2) is 48.8 Å². The van der Waals surface area contributed by atoms with Crippen LogP contribution in [0.1, 0.15) is 30.1 Å². The van der Waals surface area contributed by atoms with Crippen LogP contribution in [-0.4, -0.2) is 30.5 Å². The van der Waals surface area contributed by atoms with E-state index in [9.17, 15) is 0 Å². The van der Waals surface area contributed by atoms with Gasteiger partial charge in [0.25, 0.3) is 0 Å². The number of hydrogen-bond donors (Lipinski definition) is 2. The summed E-state index contributed by atoms with van der Waals surface area (Å²) in [6.07, 6.45) is 6.20. The van der Waals surface area contributed by atoms with Crippen molar-refractivity contribution in [2.45, 2.75) is 25.5 Å². The Kier molecular flexibility index (Phi) is 5.18. The molecule has 2 heterocycles. The summed E-state index contributed by atoms with van der Waals surface area (Å²) in [5, 5.41) is 13.1. The molecule has 0 saturated carbocycles. The van der Waals surface area contributed by atoms with Gasteiger partial charge in [-0.25, -0.2) is 0 Å². The molecule has 5 heteroatoms. The standard InChI is InChI=1S/C21H25N3O2/c1-25-20-9-8-15-5-2-3-7-18(15)19(20)14-22-11-16-6-4-10-26-21(16)17-12-23-24-13-17/h2-3,5,7-9,12-13,16,21-22H,4,6,10-11,14H2,1H3,(H,23,24)/t16-,21+/m0/s1. The van der Waals surface area contributed by atoms with Crippen molar-refractivity contribution in [1.29, 1.82) is 0 Å². The normalized spacial score (nSPS) is 20.3. The lowest BCUT2D eigenvalue weighted by molar-refractivity contribution is -0.0278. The van der Waals surface area contributed by atoms with Crippen molar-refractivity contribution >= 4 is 10.8 Å². The van der Waals surface area contributed by atoms with Gasteiger partial charge in [0.1, 0.15) is 5.75 Å². The van der Waals surface area contributed by atoms with E-state index in [1.54, 1.807) is 7.11 Å². The molecule has 0 bridgehead atoms. The van der Waals surface area contributed by atoms with E-state index in [2.05, 4.69) is 51.9 Å². The Morgan fingerprint density at radius 3 is 3.04 bits per heavy atom. The molecule has 26 heavy (non-hydrogen) atoms. The van der Waals surface area contributed by atoms with Crippen LogP contribution >= 0.6 is 0 Å². The molecule has 2 N–H and O–H groups in total. The number of rotatable bonds is 6. The Balaban J connectivity index is 1.48. The molecule has 0 aliphatic carbocycles. The smallest absolute Gasteiger partial charge is 0.123 e. The molecule has 1 fully saturated rings. The number of ether oxygens (including phenoxy) is 2. The maximum Gasteiger partial charge on any atom is 0.123 e. The van der Waals surface area contributed by atoms with Crippen LogP contribution in [-0.2, 0) is 11.3 Å². The van der Waals surface area contributed by atoms with Crippen molar-refractivity contribution in [2.24, 2.45) is 5.92 Å². The first-order valence-electron chi connectivity index (χ1n) is 9.22. The molecule has 3 aromatic rings. The fourth-order valence-corrected chi connectivity index (χ4v) is 3.91. The maximum atomic E-state index is 6.03. The van der Waals surface area contributed by atoms with E-state index in [0.717, 1.165) is 43.9 Å². The number of fused-ring (bicyclic) bond motifs is 1. The van der Waals surface area contributed by atoms with Crippen molar-refractivity contribution in [3.63, 3.8) is 0 Å². The number of aromatic amines is 1. The number of hydrogen-bond acceptors (Lipinski definition) is 4. The fourth-order valence-electron chi connectivity index (χ4n) is 3.91. The summed E-state index contributed by atoms with van der Waals surface area (Å²) in [6.45, 7) is 2.50. The second kappa shape index (κ2) is 7.89. The van der Waals surface area contributed by atoms with Crippen molar-refractivity contribution in [1.82, 2.24) is 15.5 Å². The van der Waals surface area contributed by atoms with E-state index in [1.807, 2.05) is 12.4 Å². The van der Waals surface area contributed by atoms with Gasteiger partial charge in [0, 0.05) is 42.9 Å². The topological polar surface area (TPSA) is 59.2 Å². The SMILES string of the molecule is COc1ccc2ccccc2c1CNC[C@@H]1CCCO[C@H]1c1cn[nH]c1. The quantitative estimate of drug-likeness (QED) is 0.709. The highest BCUT2D eigenvalue weighted by atomic mass is 16.5. The Hall–Kier alpha value is -2.37. The molecule has 0 unspecified atom stereocenters. The zero-order valence-electron chi connectivity index (χ0n) is 15.1. The monoisotopic (exact) mass is 351 g/mol. The van der Waals surface area contributed by atoms with E-state index < -0.39 is 0 Å². The number of methoxy groups -OCH3 is 1. The predicted molar refractivity (Wildman–Crippen MR) is 102 cm³/mol. The van der Waals surface area contributed by atoms with Crippen LogP contribution in [0.25, 0.3) is 10.8 Å². The number of nitrogens with zero attached hydrogens (tertiary/aromatic N) is 1. The van der Waals surface area contributed by atoms with Gasteiger partial charge in [-0.1, -0.05) is 30.3 Å². The molecule has 4 rings (SSSR count). The van der Waals surface area contributed by atoms with Gasteiger partial charge in [0.2, 0.25) is 0 Å². The third-order valence-corrected chi connectivity index (χ3v) is 5.22. The van der Waals surface area contributed by atoms with Gasteiger partial charge in [-0.15, -0.1) is 0 Å². The van der Waals surface area contributed by atoms with E-state index in [-0.39, 0.29) is 6.10 Å². The van der Waals surface area contributed by atoms with Crippen molar-refractivity contribution in [3.8, 4) is 5.75 Å². The molecule has 1 aliphatic rings. The van der Waals surface area contributed by atoms with Gasteiger partial charge in [-0.3, -0.25) is 5.10 Å².